The summed E-state index contributed by atoms with van der Waals surface area (Å²) in [6.07, 6.45) is 0. The van der Waals surface area contributed by atoms with Crippen LogP contribution in [0.4, 0.5) is 0 Å². The van der Waals surface area contributed by atoms with Gasteiger partial charge in [-0.2, -0.15) is 0 Å². The van der Waals surface area contributed by atoms with E-state index in [0.717, 1.165) is 5.56 Å². The summed E-state index contributed by atoms with van der Waals surface area (Å²) in [5.41, 5.74) is 1.85. The van der Waals surface area contributed by atoms with Gasteiger partial charge in [-0.3, -0.25) is 0 Å². The van der Waals surface area contributed by atoms with E-state index in [-0.39, 0.29) is 11.4 Å². The summed E-state index contributed by atoms with van der Waals surface area (Å²) in [4.78, 5) is 11.6. The van der Waals surface area contributed by atoms with Gasteiger partial charge in [-0.05, 0) is 31.5 Å². The molecule has 6 heteroatoms. The highest BCUT2D eigenvalue weighted by atomic mass is 16.5. The predicted molar refractivity (Wildman–Crippen MR) is 67.9 cm³/mol. The highest BCUT2D eigenvalue weighted by Gasteiger charge is 2.17. The van der Waals surface area contributed by atoms with Crippen molar-refractivity contribution >= 4 is 5.97 Å². The van der Waals surface area contributed by atoms with E-state index < -0.39 is 5.97 Å². The monoisotopic (exact) mass is 261 g/mol. The minimum Gasteiger partial charge on any atom is -0.508 e. The lowest BCUT2D eigenvalue weighted by atomic mass is 10.2. The Labute approximate surface area is 110 Å². The third-order valence-corrected chi connectivity index (χ3v) is 2.72. The van der Waals surface area contributed by atoms with E-state index in [1.165, 1.54) is 0 Å². The smallest absolute Gasteiger partial charge is 0.360 e. The van der Waals surface area contributed by atoms with Crippen LogP contribution in [0, 0.1) is 6.92 Å². The number of hydrogen-bond acceptors (Lipinski definition) is 5. The second kappa shape index (κ2) is 5.51. The Balaban J connectivity index is 2.18. The summed E-state index contributed by atoms with van der Waals surface area (Å²) in [6, 6.07) is 6.79. The fourth-order valence-corrected chi connectivity index (χ4v) is 1.67. The zero-order valence-corrected chi connectivity index (χ0v) is 10.8. The molecule has 1 heterocycles. The van der Waals surface area contributed by atoms with Gasteiger partial charge in [0.1, 0.15) is 5.75 Å². The molecule has 0 aliphatic carbocycles. The fraction of sp³-hybridized carbons (Fsp3) is 0.308. The molecule has 2 rings (SSSR count). The van der Waals surface area contributed by atoms with Crippen LogP contribution in [0.25, 0.3) is 0 Å². The minimum absolute atomic E-state index is 0.214. The normalized spacial score (nSPS) is 10.4. The van der Waals surface area contributed by atoms with Crippen molar-refractivity contribution in [2.24, 2.45) is 0 Å². The Morgan fingerprint density at radius 1 is 1.37 bits per heavy atom. The number of aromatic hydroxyl groups is 1. The van der Waals surface area contributed by atoms with Crippen LogP contribution >= 0.6 is 0 Å². The standard InChI is InChI=1S/C13H15N3O3/c1-3-19-13(18)12-9(2)16(15-14-12)8-10-4-6-11(17)7-5-10/h4-7,17H,3,8H2,1-2H3. The van der Waals surface area contributed by atoms with Crippen molar-refractivity contribution in [2.75, 3.05) is 6.61 Å². The molecule has 1 N–H and O–H groups in total. The van der Waals surface area contributed by atoms with Gasteiger partial charge in [0.15, 0.2) is 5.69 Å². The molecule has 0 radical (unpaired) electrons. The average molecular weight is 261 g/mol. The van der Waals surface area contributed by atoms with Crippen LogP contribution in [0.3, 0.4) is 0 Å². The van der Waals surface area contributed by atoms with Crippen molar-refractivity contribution in [1.82, 2.24) is 15.0 Å². The quantitative estimate of drug-likeness (QED) is 0.844. The molecule has 6 nitrogen and oxygen atoms in total. The molecule has 0 bridgehead atoms. The van der Waals surface area contributed by atoms with Gasteiger partial charge in [0, 0.05) is 0 Å². The lowest BCUT2D eigenvalue weighted by Crippen LogP contribution is -2.08. The van der Waals surface area contributed by atoms with Crippen molar-refractivity contribution < 1.29 is 14.6 Å². The number of hydrogen-bond donors (Lipinski definition) is 1. The average Bonchev–Trinajstić information content (AvgIpc) is 2.74. The summed E-state index contributed by atoms with van der Waals surface area (Å²) < 4.78 is 6.52. The Bertz CT molecular complexity index is 575. The molecule has 0 aliphatic rings. The van der Waals surface area contributed by atoms with Crippen LogP contribution in [0.1, 0.15) is 28.7 Å². The molecule has 2 aromatic rings. The first-order valence-corrected chi connectivity index (χ1v) is 5.97. The number of nitrogens with zero attached hydrogens (tertiary/aromatic N) is 3. The number of phenolic OH excluding ortho intramolecular Hbond substituents is 1. The summed E-state index contributed by atoms with van der Waals surface area (Å²) >= 11 is 0. The Morgan fingerprint density at radius 2 is 2.05 bits per heavy atom. The first kappa shape index (κ1) is 13.1. The molecule has 0 aliphatic heterocycles. The maximum Gasteiger partial charge on any atom is 0.360 e. The van der Waals surface area contributed by atoms with E-state index in [1.807, 2.05) is 0 Å². The first-order chi connectivity index (χ1) is 9.11. The lowest BCUT2D eigenvalue weighted by molar-refractivity contribution is 0.0518. The largest absolute Gasteiger partial charge is 0.508 e. The van der Waals surface area contributed by atoms with Gasteiger partial charge < -0.3 is 9.84 Å². The third-order valence-electron chi connectivity index (χ3n) is 2.72. The lowest BCUT2D eigenvalue weighted by Gasteiger charge is -2.04. The summed E-state index contributed by atoms with van der Waals surface area (Å²) in [5.74, 6) is -0.247. The van der Waals surface area contributed by atoms with E-state index in [1.54, 1.807) is 42.8 Å². The number of carbonyl (C=O) groups is 1. The molecule has 1 aromatic heterocycles. The number of esters is 1. The van der Waals surface area contributed by atoms with Crippen molar-refractivity contribution in [3.8, 4) is 5.75 Å². The Kier molecular flexibility index (Phi) is 3.79. The van der Waals surface area contributed by atoms with Crippen molar-refractivity contribution in [3.05, 3.63) is 41.2 Å². The van der Waals surface area contributed by atoms with Gasteiger partial charge in [0.2, 0.25) is 0 Å². The summed E-state index contributed by atoms with van der Waals surface area (Å²) in [6.45, 7) is 4.31. The molecule has 0 saturated heterocycles. The molecular formula is C13H15N3O3. The fourth-order valence-electron chi connectivity index (χ4n) is 1.67. The predicted octanol–water partition coefficient (Wildman–Crippen LogP) is 1.52. The van der Waals surface area contributed by atoms with Gasteiger partial charge in [-0.25, -0.2) is 9.48 Å². The van der Waals surface area contributed by atoms with Crippen molar-refractivity contribution in [3.63, 3.8) is 0 Å². The number of rotatable bonds is 4. The molecule has 0 atom stereocenters. The molecular weight excluding hydrogens is 246 g/mol. The zero-order chi connectivity index (χ0) is 13.8. The van der Waals surface area contributed by atoms with Crippen LogP contribution in [-0.2, 0) is 11.3 Å². The highest BCUT2D eigenvalue weighted by molar-refractivity contribution is 5.88. The van der Waals surface area contributed by atoms with Crippen LogP contribution in [0.2, 0.25) is 0 Å². The highest BCUT2D eigenvalue weighted by Crippen LogP contribution is 2.12. The molecule has 19 heavy (non-hydrogen) atoms. The zero-order valence-electron chi connectivity index (χ0n) is 10.8. The second-order valence-corrected chi connectivity index (χ2v) is 4.07. The molecule has 0 saturated carbocycles. The topological polar surface area (TPSA) is 77.2 Å². The van der Waals surface area contributed by atoms with Gasteiger partial charge >= 0.3 is 5.97 Å². The van der Waals surface area contributed by atoms with Gasteiger partial charge in [-0.1, -0.05) is 17.3 Å². The number of phenols is 1. The number of carbonyl (C=O) groups excluding carboxylic acids is 1. The van der Waals surface area contributed by atoms with Crippen LogP contribution in [0.5, 0.6) is 5.75 Å². The van der Waals surface area contributed by atoms with E-state index in [0.29, 0.717) is 18.8 Å². The molecule has 0 spiro atoms. The maximum atomic E-state index is 11.6. The van der Waals surface area contributed by atoms with E-state index in [9.17, 15) is 9.90 Å². The molecule has 100 valence electrons. The summed E-state index contributed by atoms with van der Waals surface area (Å²) in [5, 5.41) is 17.0. The van der Waals surface area contributed by atoms with Crippen LogP contribution in [0.15, 0.2) is 24.3 Å². The van der Waals surface area contributed by atoms with E-state index in [2.05, 4.69) is 10.3 Å². The number of aromatic nitrogens is 3. The Hall–Kier alpha value is -2.37. The number of ether oxygens (including phenoxy) is 1. The van der Waals surface area contributed by atoms with Crippen LogP contribution in [-0.4, -0.2) is 32.7 Å². The number of benzene rings is 1. The first-order valence-electron chi connectivity index (χ1n) is 5.97. The summed E-state index contributed by atoms with van der Waals surface area (Å²) in [7, 11) is 0. The molecule has 0 unspecified atom stereocenters. The molecule has 0 fully saturated rings. The van der Waals surface area contributed by atoms with E-state index in [4.69, 9.17) is 4.74 Å². The second-order valence-electron chi connectivity index (χ2n) is 4.07. The third kappa shape index (κ3) is 2.90. The van der Waals surface area contributed by atoms with Crippen LogP contribution < -0.4 is 0 Å². The maximum absolute atomic E-state index is 11.6. The SMILES string of the molecule is CCOC(=O)c1nnn(Cc2ccc(O)cc2)c1C. The molecule has 0 amide bonds. The van der Waals surface area contributed by atoms with Gasteiger partial charge in [0.05, 0.1) is 18.8 Å². The molecule has 1 aromatic carbocycles. The van der Waals surface area contributed by atoms with Crippen molar-refractivity contribution in [1.29, 1.82) is 0 Å². The van der Waals surface area contributed by atoms with Gasteiger partial charge in [0.25, 0.3) is 0 Å². The van der Waals surface area contributed by atoms with E-state index >= 15 is 0 Å². The van der Waals surface area contributed by atoms with Gasteiger partial charge in [-0.15, -0.1) is 5.10 Å². The van der Waals surface area contributed by atoms with Crippen molar-refractivity contribution in [2.45, 2.75) is 20.4 Å². The Morgan fingerprint density at radius 3 is 2.68 bits per heavy atom. The minimum atomic E-state index is -0.461.